The Hall–Kier alpha value is -1.57. The number of phenolic OH excluding ortho intramolecular Hbond substituents is 1. The van der Waals surface area contributed by atoms with E-state index in [0.29, 0.717) is 6.42 Å². The van der Waals surface area contributed by atoms with E-state index in [0.717, 1.165) is 5.56 Å². The second-order valence-corrected chi connectivity index (χ2v) is 2.51. The molecule has 0 aromatic heterocycles. The van der Waals surface area contributed by atoms with Gasteiger partial charge in [0.1, 0.15) is 5.75 Å². The molecular weight excluding hydrogens is 152 g/mol. The van der Waals surface area contributed by atoms with Crippen LogP contribution in [0.4, 0.5) is 0 Å². The number of carbonyl (C=O) groups is 1. The van der Waals surface area contributed by atoms with Crippen molar-refractivity contribution in [3.8, 4) is 5.75 Å². The molecule has 0 aliphatic carbocycles. The van der Waals surface area contributed by atoms with Gasteiger partial charge in [-0.15, -0.1) is 0 Å². The fourth-order valence-electron chi connectivity index (χ4n) is 0.887. The van der Waals surface area contributed by atoms with Crippen molar-refractivity contribution in [1.82, 2.24) is 0 Å². The molecule has 2 nitrogen and oxygen atoms in total. The molecule has 0 fully saturated rings. The smallest absolute Gasteiger partial charge is 0.159 e. The molecule has 0 heterocycles. The summed E-state index contributed by atoms with van der Waals surface area (Å²) in [5, 5.41) is 8.94. The van der Waals surface area contributed by atoms with Crippen molar-refractivity contribution in [3.63, 3.8) is 0 Å². The van der Waals surface area contributed by atoms with Gasteiger partial charge in [-0.05, 0) is 23.8 Å². The Labute approximate surface area is 71.2 Å². The monoisotopic (exact) mass is 162 g/mol. The maximum atomic E-state index is 10.9. The van der Waals surface area contributed by atoms with Gasteiger partial charge in [0.15, 0.2) is 5.78 Å². The zero-order chi connectivity index (χ0) is 8.97. The van der Waals surface area contributed by atoms with E-state index in [1.54, 1.807) is 24.3 Å². The van der Waals surface area contributed by atoms with Gasteiger partial charge in [0.2, 0.25) is 0 Å². The topological polar surface area (TPSA) is 37.3 Å². The molecule has 62 valence electrons. The lowest BCUT2D eigenvalue weighted by Crippen LogP contribution is -1.96. The van der Waals surface area contributed by atoms with Gasteiger partial charge in [-0.3, -0.25) is 4.79 Å². The van der Waals surface area contributed by atoms with Crippen LogP contribution in [-0.2, 0) is 11.2 Å². The number of carbonyl (C=O) groups excluding carboxylic acids is 1. The highest BCUT2D eigenvalue weighted by atomic mass is 16.3. The van der Waals surface area contributed by atoms with Crippen LogP contribution in [0.25, 0.3) is 0 Å². The van der Waals surface area contributed by atoms with Gasteiger partial charge in [0.25, 0.3) is 0 Å². The summed E-state index contributed by atoms with van der Waals surface area (Å²) in [7, 11) is 0. The Bertz CT molecular complexity index is 285. The molecule has 0 spiro atoms. The van der Waals surface area contributed by atoms with Crippen LogP contribution >= 0.6 is 0 Å². The molecule has 0 saturated carbocycles. The molecule has 0 aliphatic heterocycles. The maximum Gasteiger partial charge on any atom is 0.159 e. The number of allylic oxidation sites excluding steroid dienone is 1. The number of hydrogen-bond acceptors (Lipinski definition) is 2. The number of hydrogen-bond donors (Lipinski definition) is 1. The average molecular weight is 162 g/mol. The quantitative estimate of drug-likeness (QED) is 0.687. The molecule has 1 aromatic carbocycles. The van der Waals surface area contributed by atoms with Gasteiger partial charge in [0, 0.05) is 6.42 Å². The van der Waals surface area contributed by atoms with E-state index in [1.807, 2.05) is 0 Å². The highest BCUT2D eigenvalue weighted by molar-refractivity contribution is 5.90. The van der Waals surface area contributed by atoms with E-state index in [-0.39, 0.29) is 11.5 Å². The molecule has 0 atom stereocenters. The molecule has 0 aliphatic rings. The first-order chi connectivity index (χ1) is 5.72. The second-order valence-electron chi connectivity index (χ2n) is 2.51. The zero-order valence-corrected chi connectivity index (χ0v) is 6.66. The fourth-order valence-corrected chi connectivity index (χ4v) is 0.887. The lowest BCUT2D eigenvalue weighted by molar-refractivity contribution is -0.114. The van der Waals surface area contributed by atoms with Crippen LogP contribution in [0.15, 0.2) is 36.9 Å². The highest BCUT2D eigenvalue weighted by Crippen LogP contribution is 2.10. The zero-order valence-electron chi connectivity index (χ0n) is 6.66. The number of aromatic hydroxyl groups is 1. The van der Waals surface area contributed by atoms with E-state index in [1.165, 1.54) is 6.08 Å². The Morgan fingerprint density at radius 3 is 2.50 bits per heavy atom. The summed E-state index contributed by atoms with van der Waals surface area (Å²) < 4.78 is 0. The summed E-state index contributed by atoms with van der Waals surface area (Å²) in [6.07, 6.45) is 1.65. The summed E-state index contributed by atoms with van der Waals surface area (Å²) in [5.41, 5.74) is 0.887. The summed E-state index contributed by atoms with van der Waals surface area (Å²) in [5.74, 6) is 0.200. The van der Waals surface area contributed by atoms with Crippen LogP contribution in [0.2, 0.25) is 0 Å². The molecule has 1 rings (SSSR count). The van der Waals surface area contributed by atoms with Gasteiger partial charge >= 0.3 is 0 Å². The maximum absolute atomic E-state index is 10.9. The number of ketones is 1. The molecule has 0 unspecified atom stereocenters. The average Bonchev–Trinajstić information content (AvgIpc) is 2.09. The van der Waals surface area contributed by atoms with Crippen molar-refractivity contribution >= 4 is 5.78 Å². The van der Waals surface area contributed by atoms with E-state index < -0.39 is 0 Å². The van der Waals surface area contributed by atoms with Crippen LogP contribution in [0.1, 0.15) is 5.56 Å². The molecular formula is C10H10O2. The van der Waals surface area contributed by atoms with Gasteiger partial charge in [-0.2, -0.15) is 0 Å². The Balaban J connectivity index is 2.71. The first kappa shape index (κ1) is 8.53. The molecule has 1 aromatic rings. The number of rotatable bonds is 3. The highest BCUT2D eigenvalue weighted by Gasteiger charge is 1.97. The Kier molecular flexibility index (Phi) is 2.64. The molecule has 0 saturated heterocycles. The van der Waals surface area contributed by atoms with Gasteiger partial charge in [0.05, 0.1) is 0 Å². The van der Waals surface area contributed by atoms with E-state index in [2.05, 4.69) is 6.58 Å². The number of benzene rings is 1. The van der Waals surface area contributed by atoms with Crippen molar-refractivity contribution in [1.29, 1.82) is 0 Å². The molecule has 12 heavy (non-hydrogen) atoms. The van der Waals surface area contributed by atoms with Crippen LogP contribution in [0.5, 0.6) is 5.75 Å². The van der Waals surface area contributed by atoms with Crippen molar-refractivity contribution in [3.05, 3.63) is 42.5 Å². The third kappa shape index (κ3) is 2.23. The predicted molar refractivity (Wildman–Crippen MR) is 47.0 cm³/mol. The SMILES string of the molecule is C=CC(=O)Cc1ccc(O)cc1. The molecule has 0 radical (unpaired) electrons. The Morgan fingerprint density at radius 2 is 2.00 bits per heavy atom. The van der Waals surface area contributed by atoms with E-state index in [9.17, 15) is 4.79 Å². The van der Waals surface area contributed by atoms with Crippen LogP contribution < -0.4 is 0 Å². The van der Waals surface area contributed by atoms with Gasteiger partial charge in [-0.1, -0.05) is 18.7 Å². The van der Waals surface area contributed by atoms with Crippen molar-refractivity contribution in [2.45, 2.75) is 6.42 Å². The van der Waals surface area contributed by atoms with Crippen LogP contribution in [0, 0.1) is 0 Å². The third-order valence-corrected chi connectivity index (χ3v) is 1.54. The standard InChI is InChI=1S/C10H10O2/c1-2-9(11)7-8-3-5-10(12)6-4-8/h2-6,12H,1,7H2. The summed E-state index contributed by atoms with van der Waals surface area (Å²) >= 11 is 0. The van der Waals surface area contributed by atoms with Crippen molar-refractivity contribution in [2.24, 2.45) is 0 Å². The molecule has 0 amide bonds. The summed E-state index contributed by atoms with van der Waals surface area (Å²) in [6.45, 7) is 3.38. The number of phenols is 1. The summed E-state index contributed by atoms with van der Waals surface area (Å²) in [4.78, 5) is 10.9. The minimum atomic E-state index is -0.0133. The summed E-state index contributed by atoms with van der Waals surface area (Å²) in [6, 6.07) is 6.56. The van der Waals surface area contributed by atoms with E-state index >= 15 is 0 Å². The third-order valence-electron chi connectivity index (χ3n) is 1.54. The minimum Gasteiger partial charge on any atom is -0.508 e. The predicted octanol–water partition coefficient (Wildman–Crippen LogP) is 1.69. The first-order valence-corrected chi connectivity index (χ1v) is 3.65. The Morgan fingerprint density at radius 1 is 1.42 bits per heavy atom. The largest absolute Gasteiger partial charge is 0.508 e. The fraction of sp³-hybridized carbons (Fsp3) is 0.100. The lowest BCUT2D eigenvalue weighted by Gasteiger charge is -1.96. The molecule has 1 N–H and O–H groups in total. The first-order valence-electron chi connectivity index (χ1n) is 3.65. The molecule has 2 heteroatoms. The van der Waals surface area contributed by atoms with Crippen LogP contribution in [0.3, 0.4) is 0 Å². The van der Waals surface area contributed by atoms with Crippen molar-refractivity contribution < 1.29 is 9.90 Å². The molecule has 0 bridgehead atoms. The van der Waals surface area contributed by atoms with Gasteiger partial charge in [-0.25, -0.2) is 0 Å². The normalized spacial score (nSPS) is 9.33. The van der Waals surface area contributed by atoms with Crippen molar-refractivity contribution in [2.75, 3.05) is 0 Å². The minimum absolute atomic E-state index is 0.0133. The van der Waals surface area contributed by atoms with E-state index in [4.69, 9.17) is 5.11 Å². The second kappa shape index (κ2) is 3.72. The van der Waals surface area contributed by atoms with Gasteiger partial charge < -0.3 is 5.11 Å². The lowest BCUT2D eigenvalue weighted by atomic mass is 10.1. The van der Waals surface area contributed by atoms with Crippen LogP contribution in [-0.4, -0.2) is 10.9 Å².